The van der Waals surface area contributed by atoms with Gasteiger partial charge in [0.05, 0.1) is 11.1 Å². The Balaban J connectivity index is 0.000000588. The number of rotatable bonds is 6. The summed E-state index contributed by atoms with van der Waals surface area (Å²) in [5.41, 5.74) is 7.49. The summed E-state index contributed by atoms with van der Waals surface area (Å²) >= 11 is 6.10. The molecule has 1 heterocycles. The van der Waals surface area contributed by atoms with Crippen LogP contribution in [-0.2, 0) is 19.3 Å². The molecule has 3 aromatic carbocycles. The number of aliphatic hydroxyl groups is 2. The highest BCUT2D eigenvalue weighted by molar-refractivity contribution is 6.30. The van der Waals surface area contributed by atoms with Crippen LogP contribution in [0.1, 0.15) is 43.2 Å². The molecule has 34 heavy (non-hydrogen) atoms. The maximum atomic E-state index is 9.62. The molecule has 4 rings (SSSR count). The lowest BCUT2D eigenvalue weighted by Gasteiger charge is -2.16. The summed E-state index contributed by atoms with van der Waals surface area (Å²) < 4.78 is 0. The molecule has 2 N–H and O–H groups in total. The standard InChI is InChI=1S/C26H24ClNO.C4H10O/c1-18-17-25-24(14-13-22(28-25)12-7-19-5-3-2-4-6-19)26(23(18)15-16-29)20-8-10-21(27)11-9-20;1-4(2,3)5/h2-6,8-11,13-14,17,29H,7,12,15-16H2,1H3;5H,1-3H3. The average molecular weight is 476 g/mol. The molecule has 178 valence electrons. The van der Waals surface area contributed by atoms with Crippen molar-refractivity contribution in [2.45, 2.75) is 52.6 Å². The molecule has 0 spiro atoms. The van der Waals surface area contributed by atoms with Crippen molar-refractivity contribution in [1.82, 2.24) is 4.98 Å². The van der Waals surface area contributed by atoms with Crippen LogP contribution in [0.15, 0.2) is 72.8 Å². The summed E-state index contributed by atoms with van der Waals surface area (Å²) in [7, 11) is 0. The molecule has 0 saturated carbocycles. The van der Waals surface area contributed by atoms with Gasteiger partial charge in [0.1, 0.15) is 0 Å². The number of aromatic nitrogens is 1. The van der Waals surface area contributed by atoms with Gasteiger partial charge < -0.3 is 10.2 Å². The van der Waals surface area contributed by atoms with Crippen molar-refractivity contribution in [1.29, 1.82) is 0 Å². The van der Waals surface area contributed by atoms with Gasteiger partial charge in [-0.15, -0.1) is 0 Å². The second kappa shape index (κ2) is 11.6. The van der Waals surface area contributed by atoms with E-state index in [1.807, 2.05) is 30.3 Å². The summed E-state index contributed by atoms with van der Waals surface area (Å²) in [6, 6.07) is 24.9. The molecule has 0 aliphatic rings. The minimum atomic E-state index is -0.500. The highest BCUT2D eigenvalue weighted by Gasteiger charge is 2.14. The van der Waals surface area contributed by atoms with Gasteiger partial charge in [-0.25, -0.2) is 0 Å². The van der Waals surface area contributed by atoms with Gasteiger partial charge >= 0.3 is 0 Å². The molecule has 0 bridgehead atoms. The van der Waals surface area contributed by atoms with E-state index in [1.165, 1.54) is 11.1 Å². The molecular weight excluding hydrogens is 442 g/mol. The van der Waals surface area contributed by atoms with E-state index < -0.39 is 5.60 Å². The molecular formula is C30H34ClNO2. The molecule has 0 unspecified atom stereocenters. The molecule has 0 fully saturated rings. The fourth-order valence-corrected chi connectivity index (χ4v) is 4.05. The predicted molar refractivity (Wildman–Crippen MR) is 144 cm³/mol. The van der Waals surface area contributed by atoms with Gasteiger partial charge in [0.15, 0.2) is 0 Å². The van der Waals surface area contributed by atoms with Crippen LogP contribution in [0, 0.1) is 6.92 Å². The number of fused-ring (bicyclic) bond motifs is 1. The fraction of sp³-hybridized carbons (Fsp3) is 0.300. The Bertz CT molecular complexity index is 1210. The second-order valence-corrected chi connectivity index (χ2v) is 9.99. The zero-order chi connectivity index (χ0) is 24.7. The molecule has 0 amide bonds. The first-order valence-corrected chi connectivity index (χ1v) is 12.1. The quantitative estimate of drug-likeness (QED) is 0.317. The lowest BCUT2D eigenvalue weighted by Crippen LogP contribution is -2.10. The minimum absolute atomic E-state index is 0.121. The lowest BCUT2D eigenvalue weighted by molar-refractivity contribution is 0.102. The third-order valence-electron chi connectivity index (χ3n) is 5.39. The van der Waals surface area contributed by atoms with Crippen LogP contribution < -0.4 is 0 Å². The van der Waals surface area contributed by atoms with Crippen LogP contribution in [0.2, 0.25) is 5.02 Å². The van der Waals surface area contributed by atoms with Gasteiger partial charge in [-0.2, -0.15) is 0 Å². The third kappa shape index (κ3) is 7.39. The maximum absolute atomic E-state index is 9.62. The smallest absolute Gasteiger partial charge is 0.0714 e. The molecule has 3 nitrogen and oxygen atoms in total. The number of benzene rings is 3. The van der Waals surface area contributed by atoms with Gasteiger partial charge in [0.2, 0.25) is 0 Å². The topological polar surface area (TPSA) is 53.4 Å². The maximum Gasteiger partial charge on any atom is 0.0714 e. The van der Waals surface area contributed by atoms with E-state index >= 15 is 0 Å². The van der Waals surface area contributed by atoms with Crippen molar-refractivity contribution < 1.29 is 10.2 Å². The van der Waals surface area contributed by atoms with Gasteiger partial charge in [-0.3, -0.25) is 4.98 Å². The summed E-state index contributed by atoms with van der Waals surface area (Å²) in [6.45, 7) is 7.45. The fourth-order valence-electron chi connectivity index (χ4n) is 3.93. The van der Waals surface area contributed by atoms with E-state index in [0.717, 1.165) is 51.2 Å². The molecule has 0 saturated heterocycles. The number of aliphatic hydroxyl groups excluding tert-OH is 1. The largest absolute Gasteiger partial charge is 0.396 e. The van der Waals surface area contributed by atoms with Crippen LogP contribution in [0.4, 0.5) is 0 Å². The first kappa shape index (κ1) is 25.9. The Hall–Kier alpha value is -2.72. The van der Waals surface area contributed by atoms with E-state index in [4.69, 9.17) is 21.7 Å². The zero-order valence-electron chi connectivity index (χ0n) is 20.5. The van der Waals surface area contributed by atoms with Gasteiger partial charge in [-0.1, -0.05) is 60.1 Å². The van der Waals surface area contributed by atoms with Crippen LogP contribution in [0.3, 0.4) is 0 Å². The molecule has 4 aromatic rings. The average Bonchev–Trinajstić information content (AvgIpc) is 2.78. The SMILES string of the molecule is CC(C)(C)O.Cc1cc2nc(CCc3ccccc3)ccc2c(-c2ccc(Cl)cc2)c1CCO. The van der Waals surface area contributed by atoms with Crippen molar-refractivity contribution in [2.24, 2.45) is 0 Å². The number of aryl methyl sites for hydroxylation is 3. The number of nitrogens with zero attached hydrogens (tertiary/aromatic N) is 1. The monoisotopic (exact) mass is 475 g/mol. The molecule has 0 atom stereocenters. The van der Waals surface area contributed by atoms with Crippen LogP contribution in [0.25, 0.3) is 22.0 Å². The minimum Gasteiger partial charge on any atom is -0.396 e. The Labute approximate surface area is 208 Å². The van der Waals surface area contributed by atoms with Gasteiger partial charge in [-0.05, 0) is 99.0 Å². The molecule has 4 heteroatoms. The van der Waals surface area contributed by atoms with Crippen LogP contribution in [0.5, 0.6) is 0 Å². The molecule has 0 aliphatic carbocycles. The summed E-state index contributed by atoms with van der Waals surface area (Å²) in [4.78, 5) is 4.97. The van der Waals surface area contributed by atoms with Crippen molar-refractivity contribution >= 4 is 22.5 Å². The molecule has 0 radical (unpaired) electrons. The van der Waals surface area contributed by atoms with Crippen LogP contribution in [-0.4, -0.2) is 27.4 Å². The van der Waals surface area contributed by atoms with Crippen molar-refractivity contribution in [2.75, 3.05) is 6.61 Å². The van der Waals surface area contributed by atoms with E-state index in [0.29, 0.717) is 6.42 Å². The van der Waals surface area contributed by atoms with Gasteiger partial charge in [0, 0.05) is 22.7 Å². The number of halogens is 1. The Morgan fingerprint density at radius 1 is 0.853 bits per heavy atom. The van der Waals surface area contributed by atoms with E-state index in [-0.39, 0.29) is 6.61 Å². The third-order valence-corrected chi connectivity index (χ3v) is 5.64. The number of hydrogen-bond donors (Lipinski definition) is 2. The van der Waals surface area contributed by atoms with E-state index in [9.17, 15) is 5.11 Å². The first-order valence-electron chi connectivity index (χ1n) is 11.7. The Kier molecular flexibility index (Phi) is 8.84. The number of hydrogen-bond acceptors (Lipinski definition) is 3. The van der Waals surface area contributed by atoms with Gasteiger partial charge in [0.25, 0.3) is 0 Å². The summed E-state index contributed by atoms with van der Waals surface area (Å²) in [6.07, 6.45) is 2.51. The number of pyridine rings is 1. The highest BCUT2D eigenvalue weighted by atomic mass is 35.5. The van der Waals surface area contributed by atoms with E-state index in [2.05, 4.69) is 49.4 Å². The van der Waals surface area contributed by atoms with Crippen molar-refractivity contribution in [3.05, 3.63) is 100 Å². The second-order valence-electron chi connectivity index (χ2n) is 9.55. The van der Waals surface area contributed by atoms with Crippen molar-refractivity contribution in [3.8, 4) is 11.1 Å². The normalized spacial score (nSPS) is 11.3. The molecule has 0 aliphatic heterocycles. The van der Waals surface area contributed by atoms with Crippen molar-refractivity contribution in [3.63, 3.8) is 0 Å². The van der Waals surface area contributed by atoms with Crippen LogP contribution >= 0.6 is 11.6 Å². The van der Waals surface area contributed by atoms with E-state index in [1.54, 1.807) is 20.8 Å². The predicted octanol–water partition coefficient (Wildman–Crippen LogP) is 6.96. The zero-order valence-corrected chi connectivity index (χ0v) is 21.2. The first-order chi connectivity index (χ1) is 16.2. The Morgan fingerprint density at radius 2 is 1.50 bits per heavy atom. The summed E-state index contributed by atoms with van der Waals surface area (Å²) in [5.74, 6) is 0. The highest BCUT2D eigenvalue weighted by Crippen LogP contribution is 2.35. The lowest BCUT2D eigenvalue weighted by atomic mass is 9.90. The Morgan fingerprint density at radius 3 is 2.12 bits per heavy atom. The molecule has 1 aromatic heterocycles. The summed E-state index contributed by atoms with van der Waals surface area (Å²) in [5, 5.41) is 20.0.